The zero-order chi connectivity index (χ0) is 22.8. The highest BCUT2D eigenvalue weighted by molar-refractivity contribution is 5.95. The zero-order valence-corrected chi connectivity index (χ0v) is 20.1. The van der Waals surface area contributed by atoms with Crippen LogP contribution >= 0.6 is 0 Å². The van der Waals surface area contributed by atoms with E-state index in [0.717, 1.165) is 41.0 Å². The number of hydrogen-bond acceptors (Lipinski definition) is 2. The number of para-hydroxylation sites is 2. The largest absolute Gasteiger partial charge is 0.342 e. The van der Waals surface area contributed by atoms with Crippen LogP contribution in [0.15, 0.2) is 48.5 Å². The molecule has 0 fully saturated rings. The normalized spacial score (nSPS) is 12.2. The molecule has 0 bridgehead atoms. The fourth-order valence-corrected chi connectivity index (χ4v) is 4.41. The molecular weight excluding hydrogens is 394 g/mol. The van der Waals surface area contributed by atoms with E-state index < -0.39 is 0 Å². The SMILES string of the molecule is CCCCCCCCCCCn1c(C(C)NC(=O)c2ccccc2C)nc2ccccc21. The molecule has 4 nitrogen and oxygen atoms in total. The first-order valence-electron chi connectivity index (χ1n) is 12.4. The minimum atomic E-state index is -0.159. The summed E-state index contributed by atoms with van der Waals surface area (Å²) in [4.78, 5) is 17.7. The topological polar surface area (TPSA) is 46.9 Å². The molecule has 1 N–H and O–H groups in total. The third kappa shape index (κ3) is 6.44. The molecule has 4 heteroatoms. The summed E-state index contributed by atoms with van der Waals surface area (Å²) in [6.45, 7) is 7.21. The molecule has 0 saturated carbocycles. The quantitative estimate of drug-likeness (QED) is 0.286. The first kappa shape index (κ1) is 24.0. The Balaban J connectivity index is 1.61. The van der Waals surface area contributed by atoms with Crippen molar-refractivity contribution in [2.24, 2.45) is 0 Å². The van der Waals surface area contributed by atoms with Crippen LogP contribution in [0.5, 0.6) is 0 Å². The summed E-state index contributed by atoms with van der Waals surface area (Å²) < 4.78 is 2.30. The van der Waals surface area contributed by atoms with Crippen LogP contribution in [-0.4, -0.2) is 15.5 Å². The van der Waals surface area contributed by atoms with E-state index in [-0.39, 0.29) is 11.9 Å². The summed E-state index contributed by atoms with van der Waals surface area (Å²) in [5.41, 5.74) is 3.86. The van der Waals surface area contributed by atoms with Gasteiger partial charge in [-0.05, 0) is 44.0 Å². The molecule has 3 rings (SSSR count). The smallest absolute Gasteiger partial charge is 0.252 e. The summed E-state index contributed by atoms with van der Waals surface area (Å²) >= 11 is 0. The van der Waals surface area contributed by atoms with E-state index in [2.05, 4.69) is 35.0 Å². The first-order valence-corrected chi connectivity index (χ1v) is 12.4. The number of nitrogens with zero attached hydrogens (tertiary/aromatic N) is 2. The van der Waals surface area contributed by atoms with E-state index in [1.807, 2.05) is 44.2 Å². The van der Waals surface area contributed by atoms with Crippen LogP contribution in [0.4, 0.5) is 0 Å². The van der Waals surface area contributed by atoms with Crippen molar-refractivity contribution in [2.45, 2.75) is 91.1 Å². The van der Waals surface area contributed by atoms with Gasteiger partial charge in [0.15, 0.2) is 0 Å². The molecule has 0 spiro atoms. The lowest BCUT2D eigenvalue weighted by molar-refractivity contribution is 0.0937. The van der Waals surface area contributed by atoms with Crippen molar-refractivity contribution in [1.82, 2.24) is 14.9 Å². The highest BCUT2D eigenvalue weighted by Crippen LogP contribution is 2.23. The third-order valence-electron chi connectivity index (χ3n) is 6.29. The number of fused-ring (bicyclic) bond motifs is 1. The summed E-state index contributed by atoms with van der Waals surface area (Å²) in [6, 6.07) is 15.8. The predicted octanol–water partition coefficient (Wildman–Crippen LogP) is 7.37. The van der Waals surface area contributed by atoms with Gasteiger partial charge in [0.25, 0.3) is 5.91 Å². The van der Waals surface area contributed by atoms with Crippen LogP contribution in [0, 0.1) is 6.92 Å². The van der Waals surface area contributed by atoms with Crippen molar-refractivity contribution in [3.8, 4) is 0 Å². The van der Waals surface area contributed by atoms with Crippen LogP contribution in [0.3, 0.4) is 0 Å². The van der Waals surface area contributed by atoms with E-state index in [1.54, 1.807) is 0 Å². The molecule has 3 aromatic rings. The van der Waals surface area contributed by atoms with Crippen molar-refractivity contribution >= 4 is 16.9 Å². The summed E-state index contributed by atoms with van der Waals surface area (Å²) in [6.07, 6.45) is 11.8. The van der Waals surface area contributed by atoms with Crippen molar-refractivity contribution in [3.63, 3.8) is 0 Å². The number of carbonyl (C=O) groups is 1. The first-order chi connectivity index (χ1) is 15.6. The van der Waals surface area contributed by atoms with Gasteiger partial charge in [-0.25, -0.2) is 4.98 Å². The van der Waals surface area contributed by atoms with Crippen molar-refractivity contribution in [2.75, 3.05) is 0 Å². The molecule has 0 aliphatic carbocycles. The second kappa shape index (κ2) is 12.4. The number of benzene rings is 2. The lowest BCUT2D eigenvalue weighted by atomic mass is 10.1. The Hall–Kier alpha value is -2.62. The van der Waals surface area contributed by atoms with Gasteiger partial charge < -0.3 is 9.88 Å². The highest BCUT2D eigenvalue weighted by Gasteiger charge is 2.19. The van der Waals surface area contributed by atoms with Gasteiger partial charge in [0, 0.05) is 12.1 Å². The van der Waals surface area contributed by atoms with Gasteiger partial charge in [0.05, 0.1) is 17.1 Å². The molecule has 0 radical (unpaired) electrons. The number of nitrogens with one attached hydrogen (secondary N) is 1. The lowest BCUT2D eigenvalue weighted by Crippen LogP contribution is -2.29. The maximum absolute atomic E-state index is 12.9. The van der Waals surface area contributed by atoms with Gasteiger partial charge in [-0.1, -0.05) is 88.6 Å². The zero-order valence-electron chi connectivity index (χ0n) is 20.1. The Bertz CT molecular complexity index is 991. The minimum Gasteiger partial charge on any atom is -0.342 e. The average molecular weight is 434 g/mol. The van der Waals surface area contributed by atoms with E-state index in [9.17, 15) is 4.79 Å². The molecule has 1 amide bonds. The van der Waals surface area contributed by atoms with E-state index in [4.69, 9.17) is 4.98 Å². The van der Waals surface area contributed by atoms with Crippen LogP contribution in [-0.2, 0) is 6.54 Å². The minimum absolute atomic E-state index is 0.0442. The average Bonchev–Trinajstić information content (AvgIpc) is 3.17. The standard InChI is InChI=1S/C28H39N3O/c1-4-5-6-7-8-9-10-11-16-21-31-26-20-15-14-19-25(26)30-27(31)23(3)29-28(32)24-18-13-12-17-22(24)2/h12-15,17-20,23H,4-11,16,21H2,1-3H3,(H,29,32). The Labute approximate surface area is 193 Å². The number of imidazole rings is 1. The van der Waals surface area contributed by atoms with Gasteiger partial charge in [-0.2, -0.15) is 0 Å². The number of rotatable bonds is 13. The van der Waals surface area contributed by atoms with E-state index in [0.29, 0.717) is 0 Å². The van der Waals surface area contributed by atoms with Crippen molar-refractivity contribution < 1.29 is 4.79 Å². The Morgan fingerprint density at radius 3 is 2.25 bits per heavy atom. The number of hydrogen-bond donors (Lipinski definition) is 1. The van der Waals surface area contributed by atoms with Gasteiger partial charge in [-0.15, -0.1) is 0 Å². The Morgan fingerprint density at radius 1 is 0.906 bits per heavy atom. The summed E-state index contributed by atoms with van der Waals surface area (Å²) in [7, 11) is 0. The predicted molar refractivity (Wildman–Crippen MR) is 134 cm³/mol. The van der Waals surface area contributed by atoms with Crippen LogP contribution < -0.4 is 5.32 Å². The molecule has 1 atom stereocenters. The molecule has 0 saturated heterocycles. The molecule has 0 aliphatic rings. The lowest BCUT2D eigenvalue weighted by Gasteiger charge is -2.17. The Kier molecular flexibility index (Phi) is 9.33. The van der Waals surface area contributed by atoms with E-state index >= 15 is 0 Å². The molecule has 1 aromatic heterocycles. The Morgan fingerprint density at radius 2 is 1.53 bits per heavy atom. The number of amides is 1. The summed E-state index contributed by atoms with van der Waals surface area (Å²) in [5, 5.41) is 3.17. The highest BCUT2D eigenvalue weighted by atomic mass is 16.1. The third-order valence-corrected chi connectivity index (χ3v) is 6.29. The maximum Gasteiger partial charge on any atom is 0.252 e. The molecule has 32 heavy (non-hydrogen) atoms. The molecular formula is C28H39N3O. The number of aryl methyl sites for hydroxylation is 2. The molecule has 1 unspecified atom stereocenters. The second-order valence-electron chi connectivity index (χ2n) is 8.95. The van der Waals surface area contributed by atoms with Gasteiger partial charge in [0.1, 0.15) is 5.82 Å². The molecule has 0 aliphatic heterocycles. The van der Waals surface area contributed by atoms with Crippen LogP contribution in [0.2, 0.25) is 0 Å². The fraction of sp³-hybridized carbons (Fsp3) is 0.500. The van der Waals surface area contributed by atoms with Crippen molar-refractivity contribution in [3.05, 3.63) is 65.5 Å². The van der Waals surface area contributed by atoms with Gasteiger partial charge in [0.2, 0.25) is 0 Å². The fourth-order valence-electron chi connectivity index (χ4n) is 4.41. The molecule has 1 heterocycles. The van der Waals surface area contributed by atoms with Crippen LogP contribution in [0.1, 0.15) is 99.4 Å². The number of carbonyl (C=O) groups excluding carboxylic acids is 1. The van der Waals surface area contributed by atoms with Crippen LogP contribution in [0.25, 0.3) is 11.0 Å². The van der Waals surface area contributed by atoms with Crippen molar-refractivity contribution in [1.29, 1.82) is 0 Å². The van der Waals surface area contributed by atoms with Gasteiger partial charge in [-0.3, -0.25) is 4.79 Å². The number of unbranched alkanes of at least 4 members (excludes halogenated alkanes) is 8. The van der Waals surface area contributed by atoms with E-state index in [1.165, 1.54) is 51.4 Å². The van der Waals surface area contributed by atoms with Gasteiger partial charge >= 0.3 is 0 Å². The molecule has 172 valence electrons. The summed E-state index contributed by atoms with van der Waals surface area (Å²) in [5.74, 6) is 0.893. The molecule has 2 aromatic carbocycles. The monoisotopic (exact) mass is 433 g/mol. The second-order valence-corrected chi connectivity index (χ2v) is 8.95. The maximum atomic E-state index is 12.9. The number of aromatic nitrogens is 2.